The van der Waals surface area contributed by atoms with Gasteiger partial charge < -0.3 is 9.51 Å². The summed E-state index contributed by atoms with van der Waals surface area (Å²) in [5, 5.41) is 9.58. The predicted octanol–water partition coefficient (Wildman–Crippen LogP) is 3.36. The molecule has 5 nitrogen and oxygen atoms in total. The van der Waals surface area contributed by atoms with Crippen molar-refractivity contribution in [2.45, 2.75) is 23.1 Å². The van der Waals surface area contributed by atoms with Crippen LogP contribution in [-0.2, 0) is 21.1 Å². The first-order chi connectivity index (χ1) is 11.3. The minimum atomic E-state index is -3.80. The molecule has 3 rings (SSSR count). The Morgan fingerprint density at radius 1 is 1.17 bits per heavy atom. The molecule has 3 aromatic rings. The van der Waals surface area contributed by atoms with Crippen LogP contribution in [0.5, 0.6) is 0 Å². The van der Waals surface area contributed by atoms with Crippen LogP contribution in [0.4, 0.5) is 0 Å². The highest BCUT2D eigenvalue weighted by molar-refractivity contribution is 7.91. The number of carboxylic acids is 1. The van der Waals surface area contributed by atoms with E-state index in [-0.39, 0.29) is 16.2 Å². The molecule has 0 saturated carbocycles. The fraction of sp³-hybridized carbons (Fsp3) is 0.118. The Kier molecular flexibility index (Phi) is 4.11. The summed E-state index contributed by atoms with van der Waals surface area (Å²) in [6, 6.07) is 11.0. The zero-order chi connectivity index (χ0) is 17.5. The van der Waals surface area contributed by atoms with Crippen molar-refractivity contribution >= 4 is 32.9 Å². The molecule has 2 heterocycles. The standard InChI is InChI=1S/C17H14ClNO4S/c1-11-15(10-16(20)21)19-9-3-2-4-14(19)17(11)24(22,23)13-7-5-12(18)6-8-13/h2-9H,10H2,1H3,(H,20,21). The van der Waals surface area contributed by atoms with E-state index in [1.807, 2.05) is 0 Å². The number of hydrogen-bond acceptors (Lipinski definition) is 3. The van der Waals surface area contributed by atoms with E-state index < -0.39 is 15.8 Å². The molecule has 124 valence electrons. The van der Waals surface area contributed by atoms with Gasteiger partial charge in [0.1, 0.15) is 4.90 Å². The van der Waals surface area contributed by atoms with Gasteiger partial charge in [-0.05, 0) is 48.9 Å². The fourth-order valence-corrected chi connectivity index (χ4v) is 4.62. The maximum Gasteiger partial charge on any atom is 0.309 e. The first-order valence-electron chi connectivity index (χ1n) is 7.13. The monoisotopic (exact) mass is 363 g/mol. The predicted molar refractivity (Wildman–Crippen MR) is 90.4 cm³/mol. The van der Waals surface area contributed by atoms with Gasteiger partial charge in [0.05, 0.1) is 16.8 Å². The summed E-state index contributed by atoms with van der Waals surface area (Å²) in [6.45, 7) is 1.63. The molecular weight excluding hydrogens is 350 g/mol. The lowest BCUT2D eigenvalue weighted by atomic mass is 10.2. The van der Waals surface area contributed by atoms with E-state index in [2.05, 4.69) is 0 Å². The molecule has 0 amide bonds. The van der Waals surface area contributed by atoms with Crippen LogP contribution in [0.25, 0.3) is 5.52 Å². The highest BCUT2D eigenvalue weighted by atomic mass is 35.5. The van der Waals surface area contributed by atoms with Crippen LogP contribution in [0.1, 0.15) is 11.3 Å². The molecule has 24 heavy (non-hydrogen) atoms. The maximum absolute atomic E-state index is 13.1. The van der Waals surface area contributed by atoms with Gasteiger partial charge in [-0.15, -0.1) is 0 Å². The third kappa shape index (κ3) is 2.68. The zero-order valence-corrected chi connectivity index (χ0v) is 14.3. The number of benzene rings is 1. The van der Waals surface area contributed by atoms with Crippen LogP contribution in [0.15, 0.2) is 58.5 Å². The molecule has 0 spiro atoms. The van der Waals surface area contributed by atoms with Gasteiger partial charge in [-0.25, -0.2) is 8.42 Å². The van der Waals surface area contributed by atoms with Crippen molar-refractivity contribution in [2.75, 3.05) is 0 Å². The summed E-state index contributed by atoms with van der Waals surface area (Å²) in [6.07, 6.45) is 1.41. The van der Waals surface area contributed by atoms with E-state index in [0.29, 0.717) is 21.8 Å². The zero-order valence-electron chi connectivity index (χ0n) is 12.7. The average Bonchev–Trinajstić information content (AvgIpc) is 2.80. The number of nitrogens with zero attached hydrogens (tertiary/aromatic N) is 1. The Bertz CT molecular complexity index is 1040. The number of pyridine rings is 1. The molecule has 0 bridgehead atoms. The SMILES string of the molecule is Cc1c(S(=O)(=O)c2ccc(Cl)cc2)c2ccccn2c1CC(=O)O. The minimum absolute atomic E-state index is 0.119. The van der Waals surface area contributed by atoms with Crippen molar-refractivity contribution in [3.8, 4) is 0 Å². The van der Waals surface area contributed by atoms with Gasteiger partial charge >= 0.3 is 5.97 Å². The van der Waals surface area contributed by atoms with Crippen molar-refractivity contribution in [3.63, 3.8) is 0 Å². The third-order valence-electron chi connectivity index (χ3n) is 3.87. The first-order valence-corrected chi connectivity index (χ1v) is 8.99. The Morgan fingerprint density at radius 2 is 1.83 bits per heavy atom. The lowest BCUT2D eigenvalue weighted by Crippen LogP contribution is -2.05. The number of carboxylic acid groups (broad SMARTS) is 1. The van der Waals surface area contributed by atoms with Gasteiger partial charge in [-0.3, -0.25) is 4.79 Å². The molecule has 7 heteroatoms. The van der Waals surface area contributed by atoms with Gasteiger partial charge in [-0.2, -0.15) is 0 Å². The molecule has 0 aliphatic heterocycles. The number of halogens is 1. The minimum Gasteiger partial charge on any atom is -0.481 e. The highest BCUT2D eigenvalue weighted by Crippen LogP contribution is 2.32. The van der Waals surface area contributed by atoms with Crippen molar-refractivity contribution < 1.29 is 18.3 Å². The molecule has 0 aliphatic rings. The van der Waals surface area contributed by atoms with Crippen LogP contribution in [-0.4, -0.2) is 23.9 Å². The fourth-order valence-electron chi connectivity index (χ4n) is 2.80. The number of fused-ring (bicyclic) bond motifs is 1. The number of carbonyl (C=O) groups is 1. The van der Waals surface area contributed by atoms with Crippen LogP contribution in [0, 0.1) is 6.92 Å². The summed E-state index contributed by atoms with van der Waals surface area (Å²) < 4.78 is 27.8. The second-order valence-electron chi connectivity index (χ2n) is 5.38. The Hall–Kier alpha value is -2.31. The molecule has 0 saturated heterocycles. The van der Waals surface area contributed by atoms with Crippen molar-refractivity contribution in [1.82, 2.24) is 4.40 Å². The molecule has 1 N–H and O–H groups in total. The largest absolute Gasteiger partial charge is 0.481 e. The first kappa shape index (κ1) is 16.5. The van der Waals surface area contributed by atoms with E-state index in [4.69, 9.17) is 16.7 Å². The average molecular weight is 364 g/mol. The number of hydrogen-bond donors (Lipinski definition) is 1. The van der Waals surface area contributed by atoms with Crippen molar-refractivity contribution in [3.05, 3.63) is 64.9 Å². The smallest absolute Gasteiger partial charge is 0.309 e. The molecule has 1 aromatic carbocycles. The lowest BCUT2D eigenvalue weighted by molar-refractivity contribution is -0.136. The number of sulfone groups is 1. The van der Waals surface area contributed by atoms with Gasteiger partial charge in [0.25, 0.3) is 0 Å². The summed E-state index contributed by atoms with van der Waals surface area (Å²) in [5.74, 6) is -1.02. The van der Waals surface area contributed by atoms with Crippen LogP contribution >= 0.6 is 11.6 Å². The Labute approximate surface area is 144 Å². The maximum atomic E-state index is 13.1. The molecule has 0 atom stereocenters. The molecular formula is C17H14ClNO4S. The van der Waals surface area contributed by atoms with E-state index in [1.54, 1.807) is 35.7 Å². The molecule has 0 radical (unpaired) electrons. The van der Waals surface area contributed by atoms with E-state index in [0.717, 1.165) is 0 Å². The quantitative estimate of drug-likeness (QED) is 0.771. The number of aliphatic carboxylic acids is 1. The van der Waals surface area contributed by atoms with Gasteiger partial charge in [0.15, 0.2) is 0 Å². The Balaban J connectivity index is 2.31. The van der Waals surface area contributed by atoms with Gasteiger partial charge in [-0.1, -0.05) is 17.7 Å². The van der Waals surface area contributed by atoms with Crippen molar-refractivity contribution in [1.29, 1.82) is 0 Å². The summed E-state index contributed by atoms with van der Waals surface area (Å²) in [5.41, 5.74) is 1.35. The summed E-state index contributed by atoms with van der Waals surface area (Å²) in [7, 11) is -3.80. The molecule has 2 aromatic heterocycles. The Morgan fingerprint density at radius 3 is 2.46 bits per heavy atom. The second kappa shape index (κ2) is 5.96. The topological polar surface area (TPSA) is 75.8 Å². The van der Waals surface area contributed by atoms with Gasteiger partial charge in [0, 0.05) is 16.9 Å². The lowest BCUT2D eigenvalue weighted by Gasteiger charge is -2.05. The van der Waals surface area contributed by atoms with E-state index in [1.165, 1.54) is 24.3 Å². The van der Waals surface area contributed by atoms with Crippen LogP contribution in [0.2, 0.25) is 5.02 Å². The van der Waals surface area contributed by atoms with Crippen LogP contribution in [0.3, 0.4) is 0 Å². The van der Waals surface area contributed by atoms with E-state index >= 15 is 0 Å². The highest BCUT2D eigenvalue weighted by Gasteiger charge is 2.27. The van der Waals surface area contributed by atoms with Gasteiger partial charge in [0.2, 0.25) is 9.84 Å². The van der Waals surface area contributed by atoms with Crippen LogP contribution < -0.4 is 0 Å². The summed E-state index contributed by atoms with van der Waals surface area (Å²) in [4.78, 5) is 11.4. The third-order valence-corrected chi connectivity index (χ3v) is 6.07. The molecule has 0 aliphatic carbocycles. The molecule has 0 unspecified atom stereocenters. The van der Waals surface area contributed by atoms with E-state index in [9.17, 15) is 13.2 Å². The number of aromatic nitrogens is 1. The number of rotatable bonds is 4. The second-order valence-corrected chi connectivity index (χ2v) is 7.71. The summed E-state index contributed by atoms with van der Waals surface area (Å²) >= 11 is 5.83. The normalized spacial score (nSPS) is 11.8. The molecule has 0 fully saturated rings. The van der Waals surface area contributed by atoms with Crippen molar-refractivity contribution in [2.24, 2.45) is 0 Å².